The van der Waals surface area contributed by atoms with E-state index in [0.717, 1.165) is 30.7 Å². The molecule has 3 N–H and O–H groups in total. The average molecular weight is 395 g/mol. The highest BCUT2D eigenvalue weighted by molar-refractivity contribution is 8.00. The minimum absolute atomic E-state index is 0.0302. The number of rotatable bonds is 8. The molecule has 1 aromatic rings. The van der Waals surface area contributed by atoms with Gasteiger partial charge in [-0.05, 0) is 37.3 Å². The summed E-state index contributed by atoms with van der Waals surface area (Å²) >= 11 is 1.04. The van der Waals surface area contributed by atoms with Crippen LogP contribution in [-0.2, 0) is 9.59 Å². The molecular formula is C17H21N3O6S. The number of nitrogens with two attached hydrogens (primary N) is 1. The Morgan fingerprint density at radius 1 is 1.37 bits per heavy atom. The maximum Gasteiger partial charge on any atom is 0.303 e. The third kappa shape index (κ3) is 5.95. The fourth-order valence-corrected chi connectivity index (χ4v) is 3.93. The molecular weight excluding hydrogens is 374 g/mol. The van der Waals surface area contributed by atoms with Crippen molar-refractivity contribution in [3.63, 3.8) is 0 Å². The second kappa shape index (κ2) is 9.36. The lowest BCUT2D eigenvalue weighted by atomic mass is 9.93. The Morgan fingerprint density at radius 3 is 2.74 bits per heavy atom. The first-order valence-corrected chi connectivity index (χ1v) is 9.47. The third-order valence-corrected chi connectivity index (χ3v) is 5.48. The van der Waals surface area contributed by atoms with E-state index in [1.54, 1.807) is 4.90 Å². The van der Waals surface area contributed by atoms with Gasteiger partial charge in [0, 0.05) is 31.1 Å². The van der Waals surface area contributed by atoms with E-state index in [0.29, 0.717) is 19.5 Å². The number of primary amides is 1. The summed E-state index contributed by atoms with van der Waals surface area (Å²) in [6, 6.07) is 3.92. The molecule has 0 aliphatic carbocycles. The van der Waals surface area contributed by atoms with Crippen molar-refractivity contribution in [1.82, 2.24) is 4.90 Å². The molecule has 1 atom stereocenters. The lowest BCUT2D eigenvalue weighted by Crippen LogP contribution is -2.41. The van der Waals surface area contributed by atoms with Gasteiger partial charge in [-0.25, -0.2) is 0 Å². The highest BCUT2D eigenvalue weighted by Gasteiger charge is 2.25. The van der Waals surface area contributed by atoms with Crippen LogP contribution in [0.3, 0.4) is 0 Å². The molecule has 1 saturated heterocycles. The summed E-state index contributed by atoms with van der Waals surface area (Å²) < 4.78 is 0. The van der Waals surface area contributed by atoms with Crippen LogP contribution in [0.4, 0.5) is 5.69 Å². The van der Waals surface area contributed by atoms with Crippen LogP contribution in [0.5, 0.6) is 0 Å². The summed E-state index contributed by atoms with van der Waals surface area (Å²) in [6.07, 6.45) is 2.32. The second-order valence-electron chi connectivity index (χ2n) is 6.37. The molecule has 1 heterocycles. The Labute approximate surface area is 160 Å². The summed E-state index contributed by atoms with van der Waals surface area (Å²) in [5, 5.41) is 20.0. The number of piperidine rings is 1. The molecule has 1 aliphatic rings. The Hall–Kier alpha value is -2.62. The van der Waals surface area contributed by atoms with Crippen molar-refractivity contribution in [2.45, 2.75) is 30.6 Å². The number of carboxylic acids is 1. The normalized spacial score (nSPS) is 16.7. The Kier molecular flexibility index (Phi) is 7.17. The molecule has 1 fully saturated rings. The number of carbonyl (C=O) groups excluding carboxylic acids is 2. The predicted molar refractivity (Wildman–Crippen MR) is 98.5 cm³/mol. The van der Waals surface area contributed by atoms with Crippen molar-refractivity contribution in [1.29, 1.82) is 0 Å². The van der Waals surface area contributed by atoms with Crippen molar-refractivity contribution in [3.05, 3.63) is 33.9 Å². The van der Waals surface area contributed by atoms with Gasteiger partial charge in [0.2, 0.25) is 11.8 Å². The number of thioether (sulfide) groups is 1. The number of nitrogens with zero attached hydrogens (tertiary/aromatic N) is 2. The first-order chi connectivity index (χ1) is 12.8. The summed E-state index contributed by atoms with van der Waals surface area (Å²) in [4.78, 5) is 46.9. The third-order valence-electron chi connectivity index (χ3n) is 4.43. The van der Waals surface area contributed by atoms with Gasteiger partial charge in [-0.15, -0.1) is 11.8 Å². The Morgan fingerprint density at radius 2 is 2.11 bits per heavy atom. The zero-order chi connectivity index (χ0) is 20.0. The molecule has 9 nitrogen and oxygen atoms in total. The molecule has 2 amide bonds. The number of nitro groups is 1. The topological polar surface area (TPSA) is 144 Å². The van der Waals surface area contributed by atoms with Crippen molar-refractivity contribution >= 4 is 35.2 Å². The summed E-state index contributed by atoms with van der Waals surface area (Å²) in [5.41, 5.74) is 4.92. The van der Waals surface area contributed by atoms with Crippen LogP contribution in [0.15, 0.2) is 23.1 Å². The smallest absolute Gasteiger partial charge is 0.303 e. The van der Waals surface area contributed by atoms with E-state index in [4.69, 9.17) is 10.8 Å². The monoisotopic (exact) mass is 395 g/mol. The SMILES string of the molecule is NC(=O)c1ccc(SCC(=O)N2CCCC(CCC(=O)O)C2)c([N+](=O)[O-])c1. The quantitative estimate of drug-likeness (QED) is 0.388. The van der Waals surface area contributed by atoms with Gasteiger partial charge < -0.3 is 15.7 Å². The number of nitro benzene ring substituents is 1. The van der Waals surface area contributed by atoms with E-state index >= 15 is 0 Å². The molecule has 146 valence electrons. The van der Waals surface area contributed by atoms with E-state index in [1.165, 1.54) is 12.1 Å². The van der Waals surface area contributed by atoms with Crippen molar-refractivity contribution in [2.75, 3.05) is 18.8 Å². The molecule has 0 bridgehead atoms. The molecule has 1 unspecified atom stereocenters. The van der Waals surface area contributed by atoms with Gasteiger partial charge in [0.05, 0.1) is 15.6 Å². The van der Waals surface area contributed by atoms with Crippen molar-refractivity contribution in [2.24, 2.45) is 11.7 Å². The summed E-state index contributed by atoms with van der Waals surface area (Å²) in [6.45, 7) is 1.11. The van der Waals surface area contributed by atoms with Gasteiger partial charge >= 0.3 is 5.97 Å². The van der Waals surface area contributed by atoms with Gasteiger partial charge in [-0.1, -0.05) is 0 Å². The van der Waals surface area contributed by atoms with Crippen molar-refractivity contribution < 1.29 is 24.4 Å². The highest BCUT2D eigenvalue weighted by Crippen LogP contribution is 2.31. The number of hydrogen-bond acceptors (Lipinski definition) is 6. The van der Waals surface area contributed by atoms with E-state index in [-0.39, 0.29) is 40.1 Å². The number of carboxylic acid groups (broad SMARTS) is 1. The molecule has 1 aromatic carbocycles. The van der Waals surface area contributed by atoms with Crippen LogP contribution in [0.1, 0.15) is 36.0 Å². The van der Waals surface area contributed by atoms with Gasteiger partial charge in [-0.2, -0.15) is 0 Å². The zero-order valence-corrected chi connectivity index (χ0v) is 15.4. The van der Waals surface area contributed by atoms with Gasteiger partial charge in [0.1, 0.15) is 0 Å². The lowest BCUT2D eigenvalue weighted by molar-refractivity contribution is -0.387. The van der Waals surface area contributed by atoms with Crippen molar-refractivity contribution in [3.8, 4) is 0 Å². The number of aliphatic carboxylic acids is 1. The minimum atomic E-state index is -0.847. The largest absolute Gasteiger partial charge is 0.481 e. The average Bonchev–Trinajstić information content (AvgIpc) is 2.64. The molecule has 1 aliphatic heterocycles. The fourth-order valence-electron chi connectivity index (χ4n) is 3.02. The Bertz CT molecular complexity index is 754. The molecule has 0 spiro atoms. The maximum absolute atomic E-state index is 12.5. The van der Waals surface area contributed by atoms with Crippen LogP contribution in [-0.4, -0.2) is 51.6 Å². The van der Waals surface area contributed by atoms with E-state index < -0.39 is 16.8 Å². The van der Waals surface area contributed by atoms with Crippen LogP contribution in [0.2, 0.25) is 0 Å². The first-order valence-electron chi connectivity index (χ1n) is 8.48. The first kappa shape index (κ1) is 20.7. The van der Waals surface area contributed by atoms with Gasteiger partial charge in [0.15, 0.2) is 0 Å². The summed E-state index contributed by atoms with van der Waals surface area (Å²) in [7, 11) is 0. The molecule has 0 aromatic heterocycles. The molecule has 0 radical (unpaired) electrons. The fraction of sp³-hybridized carbons (Fsp3) is 0.471. The minimum Gasteiger partial charge on any atom is -0.481 e. The molecule has 10 heteroatoms. The Balaban J connectivity index is 1.97. The standard InChI is InChI=1S/C17H21N3O6S/c18-17(24)12-4-5-14(13(8-12)20(25)26)27-10-15(21)19-7-1-2-11(9-19)3-6-16(22)23/h4-5,8,11H,1-3,6-7,9-10H2,(H2,18,24)(H,22,23). The highest BCUT2D eigenvalue weighted by atomic mass is 32.2. The van der Waals surface area contributed by atoms with Gasteiger partial charge in [0.25, 0.3) is 5.69 Å². The number of carbonyl (C=O) groups is 3. The predicted octanol–water partition coefficient (Wildman–Crippen LogP) is 1.89. The second-order valence-corrected chi connectivity index (χ2v) is 7.39. The number of likely N-dealkylation sites (tertiary alicyclic amines) is 1. The van der Waals surface area contributed by atoms with Gasteiger partial charge in [-0.3, -0.25) is 24.5 Å². The van der Waals surface area contributed by atoms with Crippen LogP contribution >= 0.6 is 11.8 Å². The molecule has 0 saturated carbocycles. The van der Waals surface area contributed by atoms with Crippen LogP contribution in [0, 0.1) is 16.0 Å². The van der Waals surface area contributed by atoms with Crippen LogP contribution < -0.4 is 5.73 Å². The molecule has 27 heavy (non-hydrogen) atoms. The number of hydrogen-bond donors (Lipinski definition) is 2. The van der Waals surface area contributed by atoms with Crippen LogP contribution in [0.25, 0.3) is 0 Å². The van der Waals surface area contributed by atoms with E-state index in [1.807, 2.05) is 0 Å². The van der Waals surface area contributed by atoms with E-state index in [9.17, 15) is 24.5 Å². The number of amides is 2. The zero-order valence-electron chi connectivity index (χ0n) is 14.6. The summed E-state index contributed by atoms with van der Waals surface area (Å²) in [5.74, 6) is -1.56. The van der Waals surface area contributed by atoms with E-state index in [2.05, 4.69) is 0 Å². The maximum atomic E-state index is 12.5. The number of benzene rings is 1. The molecule has 2 rings (SSSR count). The lowest BCUT2D eigenvalue weighted by Gasteiger charge is -2.32.